The van der Waals surface area contributed by atoms with Crippen molar-refractivity contribution in [2.75, 3.05) is 6.54 Å². The molecular formula is C32H37N7O6. The van der Waals surface area contributed by atoms with E-state index in [0.29, 0.717) is 0 Å². The number of aromatic nitrogens is 1. The van der Waals surface area contributed by atoms with E-state index in [0.717, 1.165) is 22.0 Å². The molecule has 236 valence electrons. The van der Waals surface area contributed by atoms with E-state index in [2.05, 4.69) is 27.5 Å². The monoisotopic (exact) mass is 615 g/mol. The van der Waals surface area contributed by atoms with Crippen LogP contribution in [0.25, 0.3) is 10.9 Å². The fourth-order valence-corrected chi connectivity index (χ4v) is 4.87. The molecule has 4 aromatic rings. The number of hydrogen-bond acceptors (Lipinski definition) is 8. The van der Waals surface area contributed by atoms with Gasteiger partial charge in [-0.1, -0.05) is 36.9 Å². The smallest absolute Gasteiger partial charge is 0.246 e. The number of carbonyl (C=O) groups is 4. The minimum Gasteiger partial charge on any atom is -0.508 e. The Morgan fingerprint density at radius 3 is 2.24 bits per heavy atom. The summed E-state index contributed by atoms with van der Waals surface area (Å²) in [5.74, 6) is -2.45. The fraction of sp³-hybridized carbons (Fsp3) is 0.250. The molecule has 2 aromatic heterocycles. The number of carbonyl (C=O) groups excluding carboxylic acids is 4. The highest BCUT2D eigenvalue weighted by molar-refractivity contribution is 5.96. The SMILES string of the molecule is C=C(C(N)=O)[C@@H](NC(=O)[C@H](Cc1c[nH]c2ccccc12)NC(=O)[C@@H](CCN)NC(=O)[C@@H](N)Cc1ccc(O)cc1)c1ccco1. The van der Waals surface area contributed by atoms with Gasteiger partial charge in [-0.25, -0.2) is 0 Å². The first-order valence-electron chi connectivity index (χ1n) is 14.3. The van der Waals surface area contributed by atoms with Gasteiger partial charge in [-0.05, 0) is 60.8 Å². The van der Waals surface area contributed by atoms with Gasteiger partial charge in [-0.2, -0.15) is 0 Å². The Morgan fingerprint density at radius 1 is 0.889 bits per heavy atom. The third kappa shape index (κ3) is 8.37. The van der Waals surface area contributed by atoms with Crippen LogP contribution in [0.2, 0.25) is 0 Å². The van der Waals surface area contributed by atoms with Crippen LogP contribution >= 0.6 is 0 Å². The lowest BCUT2D eigenvalue weighted by Gasteiger charge is -2.26. The first-order valence-corrected chi connectivity index (χ1v) is 14.3. The van der Waals surface area contributed by atoms with Gasteiger partial charge in [0.15, 0.2) is 0 Å². The number of nitrogens with one attached hydrogen (secondary N) is 4. The second-order valence-corrected chi connectivity index (χ2v) is 10.6. The Labute approximate surface area is 259 Å². The number of hydrogen-bond donors (Lipinski definition) is 8. The van der Waals surface area contributed by atoms with E-state index >= 15 is 0 Å². The molecule has 13 nitrogen and oxygen atoms in total. The summed E-state index contributed by atoms with van der Waals surface area (Å²) in [7, 11) is 0. The van der Waals surface area contributed by atoms with Crippen molar-refractivity contribution in [3.63, 3.8) is 0 Å². The maximum absolute atomic E-state index is 13.8. The fourth-order valence-electron chi connectivity index (χ4n) is 4.87. The molecule has 0 saturated carbocycles. The van der Waals surface area contributed by atoms with Crippen molar-refractivity contribution in [1.29, 1.82) is 0 Å². The average Bonchev–Trinajstić information content (AvgIpc) is 3.70. The number of primary amides is 1. The zero-order valence-electron chi connectivity index (χ0n) is 24.5. The number of phenols is 1. The number of aromatic hydroxyl groups is 1. The van der Waals surface area contributed by atoms with E-state index in [1.54, 1.807) is 30.5 Å². The van der Waals surface area contributed by atoms with Crippen molar-refractivity contribution in [3.05, 3.63) is 102 Å². The summed E-state index contributed by atoms with van der Waals surface area (Å²) in [4.78, 5) is 55.5. The molecule has 11 N–H and O–H groups in total. The molecule has 0 unspecified atom stereocenters. The lowest BCUT2D eigenvalue weighted by Crippen LogP contribution is -2.57. The zero-order valence-corrected chi connectivity index (χ0v) is 24.5. The minimum absolute atomic E-state index is 0.0547. The number of aromatic amines is 1. The maximum atomic E-state index is 13.8. The quantitative estimate of drug-likeness (QED) is 0.0889. The first-order chi connectivity index (χ1) is 21.6. The van der Waals surface area contributed by atoms with Crippen molar-refractivity contribution in [2.45, 2.75) is 43.4 Å². The van der Waals surface area contributed by atoms with Crippen LogP contribution in [-0.2, 0) is 32.0 Å². The molecule has 0 radical (unpaired) electrons. The Hall–Kier alpha value is -5.40. The Morgan fingerprint density at radius 2 is 1.58 bits per heavy atom. The van der Waals surface area contributed by atoms with Gasteiger partial charge < -0.3 is 47.7 Å². The molecule has 2 aromatic carbocycles. The number of amides is 4. The number of H-pyrrole nitrogens is 1. The molecule has 4 rings (SSSR count). The van der Waals surface area contributed by atoms with Crippen molar-refractivity contribution in [3.8, 4) is 5.75 Å². The first kappa shape index (κ1) is 32.5. The molecule has 4 atom stereocenters. The van der Waals surface area contributed by atoms with E-state index in [1.165, 1.54) is 18.4 Å². The second kappa shape index (κ2) is 14.9. The molecule has 0 spiro atoms. The van der Waals surface area contributed by atoms with E-state index < -0.39 is 47.8 Å². The Balaban J connectivity index is 1.55. The van der Waals surface area contributed by atoms with E-state index in [1.807, 2.05) is 24.3 Å². The van der Waals surface area contributed by atoms with Crippen LogP contribution in [0.4, 0.5) is 0 Å². The molecule has 45 heavy (non-hydrogen) atoms. The predicted octanol–water partition coefficient (Wildman–Crippen LogP) is 0.796. The van der Waals surface area contributed by atoms with Gasteiger partial charge in [0.25, 0.3) is 0 Å². The van der Waals surface area contributed by atoms with Gasteiger partial charge >= 0.3 is 0 Å². The third-order valence-electron chi connectivity index (χ3n) is 7.33. The topological polar surface area (TPSA) is 232 Å². The van der Waals surface area contributed by atoms with Crippen LogP contribution < -0.4 is 33.2 Å². The number of furan rings is 1. The summed E-state index contributed by atoms with van der Waals surface area (Å²) in [5, 5.41) is 18.5. The summed E-state index contributed by atoms with van der Waals surface area (Å²) in [6.45, 7) is 3.77. The van der Waals surface area contributed by atoms with Gasteiger partial charge in [0.2, 0.25) is 23.6 Å². The van der Waals surface area contributed by atoms with Crippen LogP contribution in [0.1, 0.15) is 29.3 Å². The summed E-state index contributed by atoms with van der Waals surface area (Å²) >= 11 is 0. The highest BCUT2D eigenvalue weighted by Gasteiger charge is 2.32. The molecule has 13 heteroatoms. The molecule has 0 fully saturated rings. The van der Waals surface area contributed by atoms with Crippen molar-refractivity contribution < 1.29 is 28.7 Å². The van der Waals surface area contributed by atoms with Crippen molar-refractivity contribution in [1.82, 2.24) is 20.9 Å². The molecule has 0 bridgehead atoms. The van der Waals surface area contributed by atoms with Gasteiger partial charge in [0.1, 0.15) is 29.6 Å². The van der Waals surface area contributed by atoms with Crippen LogP contribution in [0.15, 0.2) is 89.7 Å². The molecule has 2 heterocycles. The zero-order chi connectivity index (χ0) is 32.5. The van der Waals surface area contributed by atoms with Crippen LogP contribution in [-0.4, -0.2) is 58.4 Å². The number of phenolic OH excluding ortho intramolecular Hbond substituents is 1. The normalized spacial score (nSPS) is 13.7. The molecule has 0 aliphatic rings. The summed E-state index contributed by atoms with van der Waals surface area (Å²) in [5.41, 5.74) is 19.5. The van der Waals surface area contributed by atoms with Gasteiger partial charge in [-0.15, -0.1) is 0 Å². The van der Waals surface area contributed by atoms with E-state index in [4.69, 9.17) is 21.6 Å². The maximum Gasteiger partial charge on any atom is 0.246 e. The number of nitrogens with two attached hydrogens (primary N) is 3. The lowest BCUT2D eigenvalue weighted by molar-refractivity contribution is -0.132. The van der Waals surface area contributed by atoms with Crippen LogP contribution in [0, 0.1) is 0 Å². The van der Waals surface area contributed by atoms with Gasteiger partial charge in [0.05, 0.1) is 12.3 Å². The largest absolute Gasteiger partial charge is 0.508 e. The number of fused-ring (bicyclic) bond motifs is 1. The highest BCUT2D eigenvalue weighted by atomic mass is 16.3. The Bertz CT molecular complexity index is 1650. The predicted molar refractivity (Wildman–Crippen MR) is 167 cm³/mol. The average molecular weight is 616 g/mol. The molecule has 0 aliphatic heterocycles. The Kier molecular flexibility index (Phi) is 10.7. The van der Waals surface area contributed by atoms with Crippen LogP contribution in [0.5, 0.6) is 5.75 Å². The highest BCUT2D eigenvalue weighted by Crippen LogP contribution is 2.23. The number of rotatable bonds is 15. The number of benzene rings is 2. The molecule has 0 aliphatic carbocycles. The van der Waals surface area contributed by atoms with Crippen molar-refractivity contribution in [2.24, 2.45) is 17.2 Å². The summed E-state index contributed by atoms with van der Waals surface area (Å²) in [6, 6.07) is 12.5. The lowest BCUT2D eigenvalue weighted by atomic mass is 10.0. The molecule has 4 amide bonds. The number of para-hydroxylation sites is 1. The van der Waals surface area contributed by atoms with E-state index in [9.17, 15) is 24.3 Å². The van der Waals surface area contributed by atoms with Crippen molar-refractivity contribution >= 4 is 34.5 Å². The third-order valence-corrected chi connectivity index (χ3v) is 7.33. The summed E-state index contributed by atoms with van der Waals surface area (Å²) < 4.78 is 5.42. The summed E-state index contributed by atoms with van der Waals surface area (Å²) in [6.07, 6.45) is 3.40. The van der Waals surface area contributed by atoms with E-state index in [-0.39, 0.29) is 42.9 Å². The van der Waals surface area contributed by atoms with Gasteiger partial charge in [0, 0.05) is 29.1 Å². The second-order valence-electron chi connectivity index (χ2n) is 10.6. The standard InChI is InChI=1S/C32H37N7O6/c1-18(29(35)41)28(27-7-4-14-45-27)39-32(44)26(16-20-17-36-24-6-3-2-5-22(20)24)38-31(43)25(12-13-33)37-30(42)23(34)15-19-8-10-21(40)11-9-19/h2-11,14,17,23,25-26,28,36,40H,1,12-13,15-16,33-34H2,(H2,35,41)(H,37,42)(H,38,43)(H,39,44)/t23-,25+,26-,28+/m0/s1. The minimum atomic E-state index is -1.17. The molecular weight excluding hydrogens is 578 g/mol. The van der Waals surface area contributed by atoms with Gasteiger partial charge in [-0.3, -0.25) is 19.2 Å². The van der Waals surface area contributed by atoms with Crippen LogP contribution in [0.3, 0.4) is 0 Å². The molecule has 0 saturated heterocycles.